The average Bonchev–Trinajstić information content (AvgIpc) is 2.69. The molecular formula is C20H20IN3O3S. The number of nitrogens with one attached hydrogen (secondary N) is 1. The Labute approximate surface area is 181 Å². The van der Waals surface area contributed by atoms with Gasteiger partial charge < -0.3 is 10.1 Å². The molecule has 146 valence electrons. The molecule has 8 heteroatoms. The van der Waals surface area contributed by atoms with Crippen LogP contribution in [-0.4, -0.2) is 40.8 Å². The molecule has 2 aromatic rings. The molecule has 6 nitrogen and oxygen atoms in total. The molecule has 3 rings (SSSR count). The van der Waals surface area contributed by atoms with Gasteiger partial charge in [-0.05, 0) is 65.9 Å². The molecule has 2 amide bonds. The van der Waals surface area contributed by atoms with Gasteiger partial charge in [-0.3, -0.25) is 14.5 Å². The van der Waals surface area contributed by atoms with E-state index in [1.807, 2.05) is 49.4 Å². The van der Waals surface area contributed by atoms with Gasteiger partial charge in [0.05, 0.1) is 12.8 Å². The summed E-state index contributed by atoms with van der Waals surface area (Å²) in [6.07, 6.45) is 0.145. The molecule has 1 saturated heterocycles. The first kappa shape index (κ1) is 20.7. The second-order valence-electron chi connectivity index (χ2n) is 6.04. The Morgan fingerprint density at radius 3 is 2.75 bits per heavy atom. The Bertz CT molecular complexity index is 902. The molecule has 1 unspecified atom stereocenters. The van der Waals surface area contributed by atoms with E-state index in [1.165, 1.54) is 11.8 Å². The van der Waals surface area contributed by atoms with Crippen molar-refractivity contribution in [3.63, 3.8) is 0 Å². The van der Waals surface area contributed by atoms with Gasteiger partial charge in [-0.25, -0.2) is 4.99 Å². The highest BCUT2D eigenvalue weighted by atomic mass is 127. The molecule has 2 aromatic carbocycles. The monoisotopic (exact) mass is 509 g/mol. The van der Waals surface area contributed by atoms with Gasteiger partial charge in [0.25, 0.3) is 0 Å². The van der Waals surface area contributed by atoms with Crippen LogP contribution in [0, 0.1) is 3.57 Å². The van der Waals surface area contributed by atoms with E-state index in [0.717, 1.165) is 3.57 Å². The molecule has 0 aromatic heterocycles. The lowest BCUT2D eigenvalue weighted by atomic mass is 10.2. The van der Waals surface area contributed by atoms with Crippen molar-refractivity contribution in [1.82, 2.24) is 4.90 Å². The summed E-state index contributed by atoms with van der Waals surface area (Å²) in [5.41, 5.74) is 1.38. The van der Waals surface area contributed by atoms with Gasteiger partial charge in [0.1, 0.15) is 11.0 Å². The topological polar surface area (TPSA) is 71.0 Å². The number of amidine groups is 1. The number of benzene rings is 2. The van der Waals surface area contributed by atoms with Crippen LogP contribution >= 0.6 is 34.4 Å². The summed E-state index contributed by atoms with van der Waals surface area (Å²) in [5, 5.41) is 2.88. The minimum absolute atomic E-state index is 0.106. The number of hydrogen-bond acceptors (Lipinski definition) is 5. The zero-order valence-electron chi connectivity index (χ0n) is 15.5. The fourth-order valence-electron chi connectivity index (χ4n) is 2.70. The molecule has 1 aliphatic rings. The summed E-state index contributed by atoms with van der Waals surface area (Å²) >= 11 is 3.52. The Morgan fingerprint density at radius 1 is 1.32 bits per heavy atom. The smallest absolute Gasteiger partial charge is 0.238 e. The Balaban J connectivity index is 1.81. The van der Waals surface area contributed by atoms with Crippen LogP contribution in [0.1, 0.15) is 13.3 Å². The normalized spacial score (nSPS) is 18.2. The number of hydrogen-bond donors (Lipinski definition) is 1. The minimum atomic E-state index is -0.529. The maximum absolute atomic E-state index is 12.7. The number of methoxy groups -OCH3 is 1. The number of thioether (sulfide) groups is 1. The van der Waals surface area contributed by atoms with Crippen molar-refractivity contribution < 1.29 is 14.3 Å². The number of amides is 2. The van der Waals surface area contributed by atoms with Crippen molar-refractivity contribution in [3.05, 3.63) is 52.1 Å². The first-order valence-corrected chi connectivity index (χ1v) is 10.7. The van der Waals surface area contributed by atoms with E-state index in [2.05, 4.69) is 32.9 Å². The second kappa shape index (κ2) is 9.42. The van der Waals surface area contributed by atoms with Gasteiger partial charge in [-0.15, -0.1) is 0 Å². The molecule has 1 heterocycles. The zero-order chi connectivity index (χ0) is 20.1. The molecule has 1 atom stereocenters. The summed E-state index contributed by atoms with van der Waals surface area (Å²) in [6.45, 7) is 2.39. The van der Waals surface area contributed by atoms with Gasteiger partial charge in [-0.2, -0.15) is 0 Å². The van der Waals surface area contributed by atoms with E-state index in [-0.39, 0.29) is 18.2 Å². The first-order chi connectivity index (χ1) is 13.5. The maximum atomic E-state index is 12.7. The van der Waals surface area contributed by atoms with Crippen LogP contribution < -0.4 is 10.1 Å². The molecule has 1 fully saturated rings. The van der Waals surface area contributed by atoms with Gasteiger partial charge in [0.2, 0.25) is 11.8 Å². The van der Waals surface area contributed by atoms with E-state index in [4.69, 9.17) is 4.74 Å². The van der Waals surface area contributed by atoms with E-state index in [1.54, 1.807) is 18.1 Å². The number of ether oxygens (including phenoxy) is 1. The number of rotatable bonds is 5. The fraction of sp³-hybridized carbons (Fsp3) is 0.250. The van der Waals surface area contributed by atoms with Gasteiger partial charge in [0, 0.05) is 28.3 Å². The van der Waals surface area contributed by atoms with Crippen LogP contribution in [0.2, 0.25) is 0 Å². The quantitative estimate of drug-likeness (QED) is 0.611. The van der Waals surface area contributed by atoms with Crippen molar-refractivity contribution in [2.45, 2.75) is 18.6 Å². The third-order valence-electron chi connectivity index (χ3n) is 4.14. The highest BCUT2D eigenvalue weighted by Gasteiger charge is 2.35. The lowest BCUT2D eigenvalue weighted by Crippen LogP contribution is -2.45. The number of carbonyl (C=O) groups excluding carboxylic acids is 2. The average molecular weight is 509 g/mol. The molecule has 1 N–H and O–H groups in total. The zero-order valence-corrected chi connectivity index (χ0v) is 18.5. The molecule has 0 radical (unpaired) electrons. The highest BCUT2D eigenvalue weighted by Crippen LogP contribution is 2.30. The fourth-order valence-corrected chi connectivity index (χ4v) is 4.22. The van der Waals surface area contributed by atoms with E-state index >= 15 is 0 Å². The third kappa shape index (κ3) is 5.05. The van der Waals surface area contributed by atoms with E-state index in [9.17, 15) is 9.59 Å². The number of carbonyl (C=O) groups is 2. The lowest BCUT2D eigenvalue weighted by molar-refractivity contribution is -0.129. The van der Waals surface area contributed by atoms with Crippen LogP contribution in [-0.2, 0) is 9.59 Å². The van der Waals surface area contributed by atoms with Crippen molar-refractivity contribution in [2.75, 3.05) is 19.0 Å². The van der Waals surface area contributed by atoms with Crippen LogP contribution in [0.4, 0.5) is 11.4 Å². The predicted molar refractivity (Wildman–Crippen MR) is 121 cm³/mol. The maximum Gasteiger partial charge on any atom is 0.238 e. The lowest BCUT2D eigenvalue weighted by Gasteiger charge is -2.30. The first-order valence-electron chi connectivity index (χ1n) is 8.76. The van der Waals surface area contributed by atoms with E-state index < -0.39 is 5.25 Å². The molecule has 0 saturated carbocycles. The summed E-state index contributed by atoms with van der Waals surface area (Å²) in [5.74, 6) is 0.379. The third-order valence-corrected chi connectivity index (χ3v) is 6.05. The minimum Gasteiger partial charge on any atom is -0.497 e. The largest absolute Gasteiger partial charge is 0.497 e. The van der Waals surface area contributed by atoms with Crippen molar-refractivity contribution >= 4 is 62.7 Å². The van der Waals surface area contributed by atoms with Crippen molar-refractivity contribution in [2.24, 2.45) is 4.99 Å². The highest BCUT2D eigenvalue weighted by molar-refractivity contribution is 14.1. The Morgan fingerprint density at radius 2 is 2.07 bits per heavy atom. The van der Waals surface area contributed by atoms with Crippen molar-refractivity contribution in [1.29, 1.82) is 0 Å². The Kier molecular flexibility index (Phi) is 6.95. The van der Waals surface area contributed by atoms with Crippen LogP contribution in [0.3, 0.4) is 0 Å². The van der Waals surface area contributed by atoms with E-state index in [0.29, 0.717) is 28.8 Å². The predicted octanol–water partition coefficient (Wildman–Crippen LogP) is 4.28. The van der Waals surface area contributed by atoms with Gasteiger partial charge in [-0.1, -0.05) is 17.8 Å². The molecule has 28 heavy (non-hydrogen) atoms. The summed E-state index contributed by atoms with van der Waals surface area (Å²) in [6, 6.07) is 14.8. The van der Waals surface area contributed by atoms with Crippen LogP contribution in [0.5, 0.6) is 5.75 Å². The number of aliphatic imine (C=N–C) groups is 1. The molecule has 1 aliphatic heterocycles. The second-order valence-corrected chi connectivity index (χ2v) is 8.46. The summed E-state index contributed by atoms with van der Waals surface area (Å²) in [4.78, 5) is 31.5. The number of nitrogens with zero attached hydrogens (tertiary/aromatic N) is 2. The molecule has 0 bridgehead atoms. The summed E-state index contributed by atoms with van der Waals surface area (Å²) < 4.78 is 6.32. The summed E-state index contributed by atoms with van der Waals surface area (Å²) in [7, 11) is 1.59. The van der Waals surface area contributed by atoms with Crippen LogP contribution in [0.25, 0.3) is 0 Å². The molecule has 0 aliphatic carbocycles. The van der Waals surface area contributed by atoms with Crippen LogP contribution in [0.15, 0.2) is 53.5 Å². The Hall–Kier alpha value is -2.07. The molecular weight excluding hydrogens is 489 g/mol. The van der Waals surface area contributed by atoms with Gasteiger partial charge in [0.15, 0.2) is 5.17 Å². The van der Waals surface area contributed by atoms with Crippen molar-refractivity contribution in [3.8, 4) is 5.75 Å². The number of halogens is 1. The molecule has 0 spiro atoms. The standard InChI is InChI=1S/C20H20IN3O3S/c1-3-24-18(25)12-17(19(26)22-14-9-7-13(21)8-10-14)28-20(24)23-15-5-4-6-16(11-15)27-2/h4-11,17H,3,12H2,1-2H3,(H,22,26). The van der Waals surface area contributed by atoms with Gasteiger partial charge >= 0.3 is 0 Å². The SMILES string of the molecule is CCN1C(=O)CC(C(=O)Nc2ccc(I)cc2)SC1=Nc1cccc(OC)c1. The number of anilines is 1.